The van der Waals surface area contributed by atoms with Crippen LogP contribution in [0.3, 0.4) is 0 Å². The van der Waals surface area contributed by atoms with Crippen LogP contribution < -0.4 is 15.4 Å². The molecule has 0 saturated heterocycles. The number of amides is 1. The summed E-state index contributed by atoms with van der Waals surface area (Å²) < 4.78 is 5.71. The lowest BCUT2D eigenvalue weighted by molar-refractivity contribution is -0.114. The van der Waals surface area contributed by atoms with Gasteiger partial charge in [0.25, 0.3) is 0 Å². The van der Waals surface area contributed by atoms with Gasteiger partial charge in [-0.15, -0.1) is 0 Å². The highest BCUT2D eigenvalue weighted by Crippen LogP contribution is 2.18. The van der Waals surface area contributed by atoms with Gasteiger partial charge in [-0.2, -0.15) is 0 Å². The Hall–Kier alpha value is -2.20. The van der Waals surface area contributed by atoms with E-state index in [9.17, 15) is 4.79 Å². The lowest BCUT2D eigenvalue weighted by Gasteiger charge is -2.13. The van der Waals surface area contributed by atoms with Crippen molar-refractivity contribution in [1.82, 2.24) is 0 Å². The van der Waals surface area contributed by atoms with Crippen LogP contribution in [0.25, 0.3) is 0 Å². The van der Waals surface area contributed by atoms with Crippen LogP contribution >= 0.6 is 11.6 Å². The third kappa shape index (κ3) is 5.83. The minimum absolute atomic E-state index is 0.118. The summed E-state index contributed by atoms with van der Waals surface area (Å²) in [5, 5.41) is 6.52. The number of nitrogens with one attached hydrogen (secondary N) is 2. The molecule has 1 atom stereocenters. The number of carbonyl (C=O) groups is 1. The van der Waals surface area contributed by atoms with E-state index >= 15 is 0 Å². The lowest BCUT2D eigenvalue weighted by Crippen LogP contribution is -2.21. The average molecular weight is 333 g/mol. The fourth-order valence-corrected chi connectivity index (χ4v) is 2.01. The molecule has 0 aliphatic rings. The molecule has 0 aliphatic carbocycles. The smallest absolute Gasteiger partial charge is 0.243 e. The topological polar surface area (TPSA) is 50.4 Å². The summed E-state index contributed by atoms with van der Waals surface area (Å²) in [6.07, 6.45) is 1.16. The fourth-order valence-electron chi connectivity index (χ4n) is 1.89. The second-order valence-corrected chi connectivity index (χ2v) is 5.71. The second-order valence-electron chi connectivity index (χ2n) is 5.27. The van der Waals surface area contributed by atoms with Gasteiger partial charge in [0.1, 0.15) is 5.75 Å². The Morgan fingerprint density at radius 1 is 1.09 bits per heavy atom. The highest BCUT2D eigenvalue weighted by atomic mass is 35.5. The molecule has 2 aromatic rings. The van der Waals surface area contributed by atoms with Crippen LogP contribution in [0.2, 0.25) is 5.02 Å². The number of anilines is 2. The second kappa shape index (κ2) is 8.44. The maximum atomic E-state index is 11.9. The number of benzene rings is 2. The summed E-state index contributed by atoms with van der Waals surface area (Å²) in [4.78, 5) is 11.9. The first-order valence-corrected chi connectivity index (χ1v) is 8.00. The van der Waals surface area contributed by atoms with Crippen LogP contribution in [-0.4, -0.2) is 18.6 Å². The Kier molecular flexibility index (Phi) is 6.29. The van der Waals surface area contributed by atoms with Crippen molar-refractivity contribution in [3.8, 4) is 5.75 Å². The average Bonchev–Trinajstić information content (AvgIpc) is 2.56. The Bertz CT molecular complexity index is 626. The molecule has 1 unspecified atom stereocenters. The van der Waals surface area contributed by atoms with Crippen molar-refractivity contribution in [3.05, 3.63) is 53.6 Å². The first kappa shape index (κ1) is 17.2. The highest BCUT2D eigenvalue weighted by Gasteiger charge is 2.04. The monoisotopic (exact) mass is 332 g/mol. The van der Waals surface area contributed by atoms with Crippen LogP contribution in [0.1, 0.15) is 20.3 Å². The summed E-state index contributed by atoms with van der Waals surface area (Å²) in [6.45, 7) is 4.31. The van der Waals surface area contributed by atoms with Gasteiger partial charge >= 0.3 is 0 Å². The molecular weight excluding hydrogens is 312 g/mol. The van der Waals surface area contributed by atoms with Crippen molar-refractivity contribution >= 4 is 28.9 Å². The van der Waals surface area contributed by atoms with E-state index in [1.165, 1.54) is 0 Å². The Labute approximate surface area is 141 Å². The number of halogens is 1. The molecule has 0 heterocycles. The van der Waals surface area contributed by atoms with Crippen molar-refractivity contribution < 1.29 is 9.53 Å². The third-order valence-electron chi connectivity index (χ3n) is 3.35. The minimum Gasteiger partial charge on any atom is -0.491 e. The first-order valence-electron chi connectivity index (χ1n) is 7.63. The van der Waals surface area contributed by atoms with E-state index in [0.717, 1.165) is 23.5 Å². The van der Waals surface area contributed by atoms with Gasteiger partial charge in [0.05, 0.1) is 12.6 Å². The van der Waals surface area contributed by atoms with Gasteiger partial charge in [-0.1, -0.05) is 18.5 Å². The van der Waals surface area contributed by atoms with E-state index in [2.05, 4.69) is 17.6 Å². The van der Waals surface area contributed by atoms with Crippen LogP contribution in [0, 0.1) is 0 Å². The van der Waals surface area contributed by atoms with Crippen LogP contribution in [0.4, 0.5) is 11.4 Å². The quantitative estimate of drug-likeness (QED) is 0.781. The number of ether oxygens (including phenoxy) is 1. The van der Waals surface area contributed by atoms with Crippen molar-refractivity contribution in [3.63, 3.8) is 0 Å². The summed E-state index contributed by atoms with van der Waals surface area (Å²) >= 11 is 5.81. The Morgan fingerprint density at radius 2 is 1.70 bits per heavy atom. The lowest BCUT2D eigenvalue weighted by atomic mass is 10.2. The third-order valence-corrected chi connectivity index (χ3v) is 3.60. The van der Waals surface area contributed by atoms with Gasteiger partial charge < -0.3 is 15.4 Å². The maximum absolute atomic E-state index is 11.9. The van der Waals surface area contributed by atoms with E-state index in [1.807, 2.05) is 31.2 Å². The number of rotatable bonds is 7. The molecule has 23 heavy (non-hydrogen) atoms. The molecule has 0 saturated carbocycles. The van der Waals surface area contributed by atoms with Gasteiger partial charge in [-0.25, -0.2) is 0 Å². The molecule has 0 fully saturated rings. The standard InChI is InChI=1S/C18H21ClN2O2/c1-3-13(2)23-17-10-8-15(9-11-17)20-12-18(22)21-16-6-4-14(19)5-7-16/h4-11,13,20H,3,12H2,1-2H3,(H,21,22). The zero-order valence-electron chi connectivity index (χ0n) is 13.3. The molecule has 0 radical (unpaired) electrons. The molecule has 0 bridgehead atoms. The van der Waals surface area contributed by atoms with Gasteiger partial charge in [0, 0.05) is 16.4 Å². The van der Waals surface area contributed by atoms with E-state index in [-0.39, 0.29) is 18.6 Å². The SMILES string of the molecule is CCC(C)Oc1ccc(NCC(=O)Nc2ccc(Cl)cc2)cc1. The zero-order chi connectivity index (χ0) is 16.7. The van der Waals surface area contributed by atoms with Crippen molar-refractivity contribution in [2.24, 2.45) is 0 Å². The number of hydrogen-bond acceptors (Lipinski definition) is 3. The van der Waals surface area contributed by atoms with Crippen molar-refractivity contribution in [1.29, 1.82) is 0 Å². The predicted octanol–water partition coefficient (Wildman–Crippen LogP) is 4.57. The van der Waals surface area contributed by atoms with Gasteiger partial charge in [-0.3, -0.25) is 4.79 Å². The first-order chi connectivity index (χ1) is 11.1. The normalized spacial score (nSPS) is 11.6. The van der Waals surface area contributed by atoms with Gasteiger partial charge in [0.15, 0.2) is 0 Å². The zero-order valence-corrected chi connectivity index (χ0v) is 14.1. The van der Waals surface area contributed by atoms with E-state index in [0.29, 0.717) is 5.02 Å². The summed E-state index contributed by atoms with van der Waals surface area (Å²) in [5.41, 5.74) is 1.59. The van der Waals surface area contributed by atoms with Crippen LogP contribution in [-0.2, 0) is 4.79 Å². The van der Waals surface area contributed by atoms with Gasteiger partial charge in [-0.05, 0) is 61.9 Å². The fraction of sp³-hybridized carbons (Fsp3) is 0.278. The molecule has 0 aromatic heterocycles. The largest absolute Gasteiger partial charge is 0.491 e. The van der Waals surface area contributed by atoms with Crippen molar-refractivity contribution in [2.45, 2.75) is 26.4 Å². The Balaban J connectivity index is 1.80. The predicted molar refractivity (Wildman–Crippen MR) is 95.4 cm³/mol. The summed E-state index contributed by atoms with van der Waals surface area (Å²) in [5.74, 6) is 0.711. The molecule has 4 nitrogen and oxygen atoms in total. The number of hydrogen-bond donors (Lipinski definition) is 2. The molecule has 2 N–H and O–H groups in total. The molecule has 2 aromatic carbocycles. The van der Waals surface area contributed by atoms with Crippen molar-refractivity contribution in [2.75, 3.05) is 17.2 Å². The molecule has 5 heteroatoms. The highest BCUT2D eigenvalue weighted by molar-refractivity contribution is 6.30. The molecule has 0 spiro atoms. The molecule has 0 aliphatic heterocycles. The molecule has 122 valence electrons. The molecular formula is C18H21ClN2O2. The van der Waals surface area contributed by atoms with Gasteiger partial charge in [0.2, 0.25) is 5.91 Å². The Morgan fingerprint density at radius 3 is 2.30 bits per heavy atom. The molecule has 1 amide bonds. The minimum atomic E-state index is -0.118. The van der Waals surface area contributed by atoms with E-state index < -0.39 is 0 Å². The maximum Gasteiger partial charge on any atom is 0.243 e. The van der Waals surface area contributed by atoms with E-state index in [1.54, 1.807) is 24.3 Å². The van der Waals surface area contributed by atoms with E-state index in [4.69, 9.17) is 16.3 Å². The van der Waals surface area contributed by atoms with Crippen LogP contribution in [0.15, 0.2) is 48.5 Å². The van der Waals surface area contributed by atoms with Crippen LogP contribution in [0.5, 0.6) is 5.75 Å². The number of carbonyl (C=O) groups excluding carboxylic acids is 1. The molecule has 2 rings (SSSR count). The summed E-state index contributed by atoms with van der Waals surface area (Å²) in [6, 6.07) is 14.6. The summed E-state index contributed by atoms with van der Waals surface area (Å²) in [7, 11) is 0.